The Kier molecular flexibility index (Phi) is 12.7. The van der Waals surface area contributed by atoms with E-state index in [0.29, 0.717) is 22.3 Å². The summed E-state index contributed by atoms with van der Waals surface area (Å²) in [6.45, 7) is 0. The van der Waals surface area contributed by atoms with Crippen molar-refractivity contribution in [2.24, 2.45) is 0 Å². The number of hydrogen-bond acceptors (Lipinski definition) is 4. The van der Waals surface area contributed by atoms with Crippen molar-refractivity contribution >= 4 is 0 Å². The second-order valence-electron chi connectivity index (χ2n) is 13.4. The molecular formula is C56H36O4. The standard InChI is InChI=1S/2C28H18O2/c29-25-15-17-27(23(19-25)13-11-21-7-3-1-4-8-21)28-18-16-26(30)20-24(28)14-12-22-9-5-2-6-10-22;29-25-17-15-23(13-11-21-7-3-1-4-8-21)27(19-25)28-20-26(30)18-16-24(28)14-12-22-9-5-2-6-10-22/h2*1-10,15-20,29-30H. The van der Waals surface area contributed by atoms with E-state index in [1.807, 2.05) is 133 Å². The largest absolute Gasteiger partial charge is 0.508 e. The number of benzene rings is 8. The molecular weight excluding hydrogens is 737 g/mol. The summed E-state index contributed by atoms with van der Waals surface area (Å²) in [4.78, 5) is 0. The van der Waals surface area contributed by atoms with E-state index in [9.17, 15) is 20.4 Å². The lowest BCUT2D eigenvalue weighted by Crippen LogP contribution is -1.89. The maximum atomic E-state index is 10.1. The van der Waals surface area contributed by atoms with E-state index >= 15 is 0 Å². The monoisotopic (exact) mass is 772 g/mol. The number of phenols is 4. The molecule has 0 bridgehead atoms. The Hall–Kier alpha value is -8.80. The van der Waals surface area contributed by atoms with Crippen molar-refractivity contribution in [1.29, 1.82) is 0 Å². The quantitative estimate of drug-likeness (QED) is 0.132. The molecule has 8 aromatic carbocycles. The van der Waals surface area contributed by atoms with Crippen LogP contribution in [0.2, 0.25) is 0 Å². The van der Waals surface area contributed by atoms with Gasteiger partial charge in [0.2, 0.25) is 0 Å². The molecule has 0 aliphatic carbocycles. The highest BCUT2D eigenvalue weighted by molar-refractivity contribution is 5.80. The second-order valence-corrected chi connectivity index (χ2v) is 13.4. The van der Waals surface area contributed by atoms with Gasteiger partial charge in [0.05, 0.1) is 0 Å². The second kappa shape index (κ2) is 19.4. The van der Waals surface area contributed by atoms with Crippen LogP contribution in [0.4, 0.5) is 0 Å². The van der Waals surface area contributed by atoms with Crippen LogP contribution in [-0.4, -0.2) is 20.4 Å². The minimum Gasteiger partial charge on any atom is -0.508 e. The smallest absolute Gasteiger partial charge is 0.116 e. The van der Waals surface area contributed by atoms with Gasteiger partial charge in [-0.25, -0.2) is 0 Å². The summed E-state index contributed by atoms with van der Waals surface area (Å²) >= 11 is 0. The zero-order valence-corrected chi connectivity index (χ0v) is 32.3. The van der Waals surface area contributed by atoms with Gasteiger partial charge in [0.1, 0.15) is 23.0 Å². The SMILES string of the molecule is Oc1ccc(-c2ccc(O)cc2C#Cc2ccccc2)c(C#Cc2ccccc2)c1.Oc1ccc(C#Cc2ccccc2)c(-c2cc(O)ccc2C#Cc2ccccc2)c1. The fourth-order valence-corrected chi connectivity index (χ4v) is 6.11. The third kappa shape index (κ3) is 10.7. The Labute approximate surface area is 350 Å². The zero-order chi connectivity index (χ0) is 41.5. The number of hydrogen-bond donors (Lipinski definition) is 4. The van der Waals surface area contributed by atoms with Crippen molar-refractivity contribution in [2.45, 2.75) is 0 Å². The summed E-state index contributed by atoms with van der Waals surface area (Å²) in [5, 5.41) is 40.2. The van der Waals surface area contributed by atoms with Gasteiger partial charge in [-0.05, 0) is 132 Å². The lowest BCUT2D eigenvalue weighted by Gasteiger charge is -2.09. The maximum absolute atomic E-state index is 10.1. The molecule has 0 amide bonds. The molecule has 0 atom stereocenters. The topological polar surface area (TPSA) is 80.9 Å². The molecule has 4 heteroatoms. The van der Waals surface area contributed by atoms with E-state index in [4.69, 9.17) is 0 Å². The number of rotatable bonds is 2. The maximum Gasteiger partial charge on any atom is 0.116 e. The van der Waals surface area contributed by atoms with E-state index in [-0.39, 0.29) is 23.0 Å². The van der Waals surface area contributed by atoms with E-state index in [1.165, 1.54) is 0 Å². The first-order chi connectivity index (χ1) is 29.4. The lowest BCUT2D eigenvalue weighted by molar-refractivity contribution is 0.474. The van der Waals surface area contributed by atoms with Gasteiger partial charge >= 0.3 is 0 Å². The molecule has 8 aromatic rings. The molecule has 0 heterocycles. The van der Waals surface area contributed by atoms with Crippen molar-refractivity contribution in [3.8, 4) is 92.6 Å². The summed E-state index contributed by atoms with van der Waals surface area (Å²) in [5.74, 6) is 25.8. The fraction of sp³-hybridized carbons (Fsp3) is 0. The van der Waals surface area contributed by atoms with Gasteiger partial charge in [-0.1, -0.05) is 120 Å². The molecule has 0 spiro atoms. The highest BCUT2D eigenvalue weighted by Crippen LogP contribution is 2.33. The van der Waals surface area contributed by atoms with Crippen LogP contribution in [0.5, 0.6) is 23.0 Å². The normalized spacial score (nSPS) is 9.73. The molecule has 0 saturated heterocycles. The van der Waals surface area contributed by atoms with E-state index in [0.717, 1.165) is 44.5 Å². The molecule has 0 saturated carbocycles. The van der Waals surface area contributed by atoms with Crippen LogP contribution in [0.15, 0.2) is 194 Å². The molecule has 0 unspecified atom stereocenters. The summed E-state index contributed by atoms with van der Waals surface area (Å²) in [6, 6.07) is 59.1. The van der Waals surface area contributed by atoms with Crippen molar-refractivity contribution in [3.63, 3.8) is 0 Å². The van der Waals surface area contributed by atoms with Gasteiger partial charge in [-0.3, -0.25) is 0 Å². The first-order valence-electron chi connectivity index (χ1n) is 19.0. The number of phenolic OH excluding ortho intramolecular Hbond substituents is 4. The molecule has 60 heavy (non-hydrogen) atoms. The Balaban J connectivity index is 0.000000181. The molecule has 0 aliphatic rings. The molecule has 0 fully saturated rings. The van der Waals surface area contributed by atoms with Crippen LogP contribution in [0.25, 0.3) is 22.3 Å². The van der Waals surface area contributed by atoms with Crippen molar-refractivity contribution < 1.29 is 20.4 Å². The van der Waals surface area contributed by atoms with Crippen molar-refractivity contribution in [1.82, 2.24) is 0 Å². The molecule has 0 aromatic heterocycles. The van der Waals surface area contributed by atoms with E-state index < -0.39 is 0 Å². The minimum absolute atomic E-state index is 0.126. The number of aromatic hydroxyl groups is 4. The van der Waals surface area contributed by atoms with Crippen molar-refractivity contribution in [2.75, 3.05) is 0 Å². The minimum atomic E-state index is 0.126. The third-order valence-electron chi connectivity index (χ3n) is 9.05. The van der Waals surface area contributed by atoms with Crippen molar-refractivity contribution in [3.05, 3.63) is 239 Å². The Morgan fingerprint density at radius 3 is 0.800 bits per heavy atom. The zero-order valence-electron chi connectivity index (χ0n) is 32.3. The lowest BCUT2D eigenvalue weighted by atomic mass is 9.94. The predicted molar refractivity (Wildman–Crippen MR) is 240 cm³/mol. The Morgan fingerprint density at radius 1 is 0.217 bits per heavy atom. The fourth-order valence-electron chi connectivity index (χ4n) is 6.11. The summed E-state index contributed by atoms with van der Waals surface area (Å²) in [6.07, 6.45) is 0. The van der Waals surface area contributed by atoms with Gasteiger partial charge in [-0.15, -0.1) is 0 Å². The predicted octanol–water partition coefficient (Wildman–Crippen LogP) is 11.1. The van der Waals surface area contributed by atoms with Crippen LogP contribution in [0.3, 0.4) is 0 Å². The average Bonchev–Trinajstić information content (AvgIpc) is 3.28. The van der Waals surface area contributed by atoms with Crippen LogP contribution in [0, 0.1) is 47.4 Å². The van der Waals surface area contributed by atoms with Gasteiger partial charge in [0.25, 0.3) is 0 Å². The van der Waals surface area contributed by atoms with E-state index in [1.54, 1.807) is 60.7 Å². The molecule has 284 valence electrons. The highest BCUT2D eigenvalue weighted by Gasteiger charge is 2.12. The van der Waals surface area contributed by atoms with Gasteiger partial charge in [0, 0.05) is 55.6 Å². The first kappa shape index (κ1) is 39.4. The van der Waals surface area contributed by atoms with Crippen LogP contribution >= 0.6 is 0 Å². The molecule has 0 radical (unpaired) electrons. The van der Waals surface area contributed by atoms with Crippen LogP contribution in [-0.2, 0) is 0 Å². The summed E-state index contributed by atoms with van der Waals surface area (Å²) in [5.41, 5.74) is 9.55. The molecule has 4 nitrogen and oxygen atoms in total. The molecule has 4 N–H and O–H groups in total. The first-order valence-corrected chi connectivity index (χ1v) is 19.0. The van der Waals surface area contributed by atoms with Gasteiger partial charge in [-0.2, -0.15) is 0 Å². The van der Waals surface area contributed by atoms with Gasteiger partial charge in [0.15, 0.2) is 0 Å². The Morgan fingerprint density at radius 2 is 0.483 bits per heavy atom. The molecule has 0 aliphatic heterocycles. The van der Waals surface area contributed by atoms with Crippen LogP contribution < -0.4 is 0 Å². The van der Waals surface area contributed by atoms with Gasteiger partial charge < -0.3 is 20.4 Å². The van der Waals surface area contributed by atoms with E-state index in [2.05, 4.69) is 47.4 Å². The third-order valence-corrected chi connectivity index (χ3v) is 9.05. The summed E-state index contributed by atoms with van der Waals surface area (Å²) < 4.78 is 0. The highest BCUT2D eigenvalue weighted by atomic mass is 16.3. The Bertz CT molecular complexity index is 2810. The average molecular weight is 773 g/mol. The molecule has 8 rings (SSSR count). The van der Waals surface area contributed by atoms with Crippen LogP contribution in [0.1, 0.15) is 44.5 Å². The summed E-state index contributed by atoms with van der Waals surface area (Å²) in [7, 11) is 0.